The molecule has 0 aliphatic rings. The lowest BCUT2D eigenvalue weighted by Crippen LogP contribution is -1.93. The van der Waals surface area contributed by atoms with E-state index in [1.54, 1.807) is 27.4 Å². The van der Waals surface area contributed by atoms with Crippen molar-refractivity contribution < 1.29 is 24.1 Å². The van der Waals surface area contributed by atoms with Crippen molar-refractivity contribution in [2.45, 2.75) is 0 Å². The Morgan fingerprint density at radius 1 is 0.880 bits per heavy atom. The first-order valence-corrected chi connectivity index (χ1v) is 7.65. The van der Waals surface area contributed by atoms with Crippen LogP contribution in [0.15, 0.2) is 42.5 Å². The van der Waals surface area contributed by atoms with E-state index >= 15 is 0 Å². The molecular formula is C20H18O5. The van der Waals surface area contributed by atoms with Crippen LogP contribution in [0.3, 0.4) is 0 Å². The Hall–Kier alpha value is -3.21. The molecule has 1 N–H and O–H groups in total. The van der Waals surface area contributed by atoms with E-state index in [9.17, 15) is 4.79 Å². The smallest absolute Gasteiger partial charge is 0.328 e. The first kappa shape index (κ1) is 16.6. The van der Waals surface area contributed by atoms with Crippen molar-refractivity contribution in [1.82, 2.24) is 0 Å². The third kappa shape index (κ3) is 3.08. The van der Waals surface area contributed by atoms with Gasteiger partial charge in [-0.1, -0.05) is 6.07 Å². The molecule has 3 aromatic rings. The number of methoxy groups -OCH3 is 3. The van der Waals surface area contributed by atoms with Crippen LogP contribution in [-0.2, 0) is 4.79 Å². The monoisotopic (exact) mass is 338 g/mol. The second-order valence-corrected chi connectivity index (χ2v) is 5.48. The van der Waals surface area contributed by atoms with Crippen molar-refractivity contribution >= 4 is 33.6 Å². The average molecular weight is 338 g/mol. The predicted octanol–water partition coefficient (Wildman–Crippen LogP) is 4.12. The van der Waals surface area contributed by atoms with E-state index < -0.39 is 5.97 Å². The summed E-state index contributed by atoms with van der Waals surface area (Å²) in [4.78, 5) is 10.9. The van der Waals surface area contributed by atoms with Gasteiger partial charge in [-0.05, 0) is 63.5 Å². The second kappa shape index (κ2) is 6.73. The van der Waals surface area contributed by atoms with Crippen LogP contribution in [0, 0.1) is 0 Å². The van der Waals surface area contributed by atoms with E-state index in [4.69, 9.17) is 19.3 Å². The number of aliphatic carboxylic acids is 1. The van der Waals surface area contributed by atoms with Crippen molar-refractivity contribution in [2.24, 2.45) is 0 Å². The van der Waals surface area contributed by atoms with E-state index in [0.29, 0.717) is 11.5 Å². The standard InChI is InChI=1S/C20H18O5/c1-23-14-5-6-15-13(9-14)8-12(4-7-20(21)22)16-10-18(24-2)19(25-3)11-17(15)16/h4-11H,1-3H3,(H,21,22)/b7-4+. The molecule has 5 nitrogen and oxygen atoms in total. The zero-order valence-corrected chi connectivity index (χ0v) is 14.2. The summed E-state index contributed by atoms with van der Waals surface area (Å²) in [5, 5.41) is 12.8. The van der Waals surface area contributed by atoms with Gasteiger partial charge in [0, 0.05) is 6.08 Å². The fourth-order valence-electron chi connectivity index (χ4n) is 2.92. The van der Waals surface area contributed by atoms with E-state index in [-0.39, 0.29) is 0 Å². The number of rotatable bonds is 5. The molecule has 0 saturated carbocycles. The first-order valence-electron chi connectivity index (χ1n) is 7.65. The van der Waals surface area contributed by atoms with Gasteiger partial charge in [-0.3, -0.25) is 0 Å². The number of hydrogen-bond donors (Lipinski definition) is 1. The van der Waals surface area contributed by atoms with Crippen LogP contribution < -0.4 is 14.2 Å². The lowest BCUT2D eigenvalue weighted by Gasteiger charge is -2.14. The third-order valence-electron chi connectivity index (χ3n) is 4.10. The molecule has 0 amide bonds. The Labute approximate surface area is 145 Å². The molecule has 0 aliphatic carbocycles. The Bertz CT molecular complexity index is 988. The SMILES string of the molecule is COc1ccc2c(c1)cc(/C=C/C(=O)O)c1cc(OC)c(OC)cc12. The van der Waals surface area contributed by atoms with E-state index in [2.05, 4.69) is 0 Å². The molecule has 0 bridgehead atoms. The average Bonchev–Trinajstić information content (AvgIpc) is 2.64. The lowest BCUT2D eigenvalue weighted by atomic mass is 9.96. The number of carbonyl (C=O) groups is 1. The quantitative estimate of drug-likeness (QED) is 0.560. The summed E-state index contributed by atoms with van der Waals surface area (Å²) in [5.74, 6) is 0.944. The van der Waals surface area contributed by atoms with Gasteiger partial charge in [0.15, 0.2) is 11.5 Å². The number of carboxylic acids is 1. The zero-order valence-electron chi connectivity index (χ0n) is 14.2. The summed E-state index contributed by atoms with van der Waals surface area (Å²) in [6.07, 6.45) is 2.70. The van der Waals surface area contributed by atoms with Gasteiger partial charge < -0.3 is 19.3 Å². The molecule has 25 heavy (non-hydrogen) atoms. The summed E-state index contributed by atoms with van der Waals surface area (Å²) in [7, 11) is 4.77. The molecule has 128 valence electrons. The highest BCUT2D eigenvalue weighted by Crippen LogP contribution is 2.38. The van der Waals surface area contributed by atoms with Gasteiger partial charge in [0.05, 0.1) is 21.3 Å². The minimum absolute atomic E-state index is 0.591. The highest BCUT2D eigenvalue weighted by Gasteiger charge is 2.12. The van der Waals surface area contributed by atoms with Gasteiger partial charge in [-0.25, -0.2) is 4.79 Å². The highest BCUT2D eigenvalue weighted by molar-refractivity contribution is 6.12. The van der Waals surface area contributed by atoms with Crippen LogP contribution in [0.1, 0.15) is 5.56 Å². The summed E-state index contributed by atoms with van der Waals surface area (Å²) in [5.41, 5.74) is 0.777. The van der Waals surface area contributed by atoms with Gasteiger partial charge in [0.25, 0.3) is 0 Å². The number of benzene rings is 3. The minimum atomic E-state index is -1.00. The van der Waals surface area contributed by atoms with Crippen LogP contribution in [0.5, 0.6) is 17.2 Å². The second-order valence-electron chi connectivity index (χ2n) is 5.48. The lowest BCUT2D eigenvalue weighted by molar-refractivity contribution is -0.131. The molecular weight excluding hydrogens is 320 g/mol. The molecule has 3 rings (SSSR count). The highest BCUT2D eigenvalue weighted by atomic mass is 16.5. The van der Waals surface area contributed by atoms with Gasteiger partial charge in [-0.15, -0.1) is 0 Å². The van der Waals surface area contributed by atoms with Gasteiger partial charge in [0.2, 0.25) is 0 Å². The van der Waals surface area contributed by atoms with E-state index in [1.807, 2.05) is 36.4 Å². The van der Waals surface area contributed by atoms with Crippen molar-refractivity contribution in [3.05, 3.63) is 48.0 Å². The maximum Gasteiger partial charge on any atom is 0.328 e. The van der Waals surface area contributed by atoms with Crippen molar-refractivity contribution in [1.29, 1.82) is 0 Å². The first-order chi connectivity index (χ1) is 12.1. The predicted molar refractivity (Wildman–Crippen MR) is 97.8 cm³/mol. The van der Waals surface area contributed by atoms with Crippen LogP contribution in [-0.4, -0.2) is 32.4 Å². The van der Waals surface area contributed by atoms with E-state index in [1.165, 1.54) is 0 Å². The largest absolute Gasteiger partial charge is 0.497 e. The number of hydrogen-bond acceptors (Lipinski definition) is 4. The molecule has 5 heteroatoms. The zero-order chi connectivity index (χ0) is 18.0. The Morgan fingerprint density at radius 2 is 1.56 bits per heavy atom. The van der Waals surface area contributed by atoms with Crippen LogP contribution in [0.25, 0.3) is 27.6 Å². The third-order valence-corrected chi connectivity index (χ3v) is 4.10. The van der Waals surface area contributed by atoms with Gasteiger partial charge >= 0.3 is 5.97 Å². The van der Waals surface area contributed by atoms with Crippen molar-refractivity contribution in [3.63, 3.8) is 0 Å². The maximum atomic E-state index is 10.9. The fraction of sp³-hybridized carbons (Fsp3) is 0.150. The molecule has 0 spiro atoms. The number of fused-ring (bicyclic) bond motifs is 3. The van der Waals surface area contributed by atoms with E-state index in [0.717, 1.165) is 38.9 Å². The molecule has 0 saturated heterocycles. The maximum absolute atomic E-state index is 10.9. The molecule has 0 heterocycles. The molecule has 0 radical (unpaired) electrons. The minimum Gasteiger partial charge on any atom is -0.497 e. The van der Waals surface area contributed by atoms with Crippen molar-refractivity contribution in [2.75, 3.05) is 21.3 Å². The molecule has 3 aromatic carbocycles. The van der Waals surface area contributed by atoms with Gasteiger partial charge in [-0.2, -0.15) is 0 Å². The van der Waals surface area contributed by atoms with Crippen LogP contribution >= 0.6 is 0 Å². The Morgan fingerprint density at radius 3 is 2.16 bits per heavy atom. The molecule has 0 fully saturated rings. The van der Waals surface area contributed by atoms with Gasteiger partial charge in [0.1, 0.15) is 5.75 Å². The number of ether oxygens (including phenoxy) is 3. The molecule has 0 aliphatic heterocycles. The summed E-state index contributed by atoms with van der Waals surface area (Å²) in [6.45, 7) is 0. The Balaban J connectivity index is 2.41. The number of carboxylic acid groups (broad SMARTS) is 1. The Kier molecular flexibility index (Phi) is 4.48. The molecule has 0 atom stereocenters. The summed E-state index contributed by atoms with van der Waals surface area (Å²) < 4.78 is 16.1. The summed E-state index contributed by atoms with van der Waals surface area (Å²) in [6, 6.07) is 11.5. The van der Waals surface area contributed by atoms with Crippen LogP contribution in [0.2, 0.25) is 0 Å². The van der Waals surface area contributed by atoms with Crippen LogP contribution in [0.4, 0.5) is 0 Å². The normalized spacial score (nSPS) is 11.2. The summed E-state index contributed by atoms with van der Waals surface area (Å²) >= 11 is 0. The molecule has 0 aromatic heterocycles. The molecule has 0 unspecified atom stereocenters. The topological polar surface area (TPSA) is 65.0 Å². The van der Waals surface area contributed by atoms with Crippen molar-refractivity contribution in [3.8, 4) is 17.2 Å². The fourth-order valence-corrected chi connectivity index (χ4v) is 2.92.